The van der Waals surface area contributed by atoms with E-state index in [9.17, 15) is 9.18 Å². The molecule has 0 aromatic heterocycles. The van der Waals surface area contributed by atoms with Gasteiger partial charge in [-0.05, 0) is 24.6 Å². The standard InChI is InChI=1S/C10H9BrFNO2/c11-7-2-3-8(9(12)6-7)10(14)13-4-1-5-15-13/h2-3,6H,1,4-5H2. The van der Waals surface area contributed by atoms with Gasteiger partial charge in [0.2, 0.25) is 0 Å². The van der Waals surface area contributed by atoms with Crippen molar-refractivity contribution >= 4 is 21.8 Å². The van der Waals surface area contributed by atoms with Crippen molar-refractivity contribution in [2.45, 2.75) is 6.42 Å². The minimum atomic E-state index is -0.537. The molecule has 0 atom stereocenters. The highest BCUT2D eigenvalue weighted by molar-refractivity contribution is 9.10. The average molecular weight is 274 g/mol. The molecule has 0 aliphatic carbocycles. The van der Waals surface area contributed by atoms with Crippen molar-refractivity contribution in [2.24, 2.45) is 0 Å². The normalized spacial score (nSPS) is 15.7. The van der Waals surface area contributed by atoms with Gasteiger partial charge in [-0.15, -0.1) is 0 Å². The molecule has 0 radical (unpaired) electrons. The summed E-state index contributed by atoms with van der Waals surface area (Å²) < 4.78 is 14.0. The Morgan fingerprint density at radius 3 is 2.93 bits per heavy atom. The molecule has 2 rings (SSSR count). The van der Waals surface area contributed by atoms with Crippen molar-refractivity contribution in [2.75, 3.05) is 13.2 Å². The number of halogens is 2. The molecule has 0 unspecified atom stereocenters. The molecule has 0 N–H and O–H groups in total. The first kappa shape index (κ1) is 10.6. The lowest BCUT2D eigenvalue weighted by molar-refractivity contribution is -0.0770. The van der Waals surface area contributed by atoms with E-state index in [4.69, 9.17) is 4.84 Å². The van der Waals surface area contributed by atoms with Gasteiger partial charge in [0.05, 0.1) is 18.7 Å². The van der Waals surface area contributed by atoms with Crippen LogP contribution in [0.2, 0.25) is 0 Å². The van der Waals surface area contributed by atoms with Gasteiger partial charge in [0, 0.05) is 4.47 Å². The van der Waals surface area contributed by atoms with E-state index in [-0.39, 0.29) is 5.56 Å². The van der Waals surface area contributed by atoms with E-state index in [1.54, 1.807) is 6.07 Å². The number of carbonyl (C=O) groups excluding carboxylic acids is 1. The molecule has 1 aliphatic heterocycles. The molecule has 0 saturated carbocycles. The van der Waals surface area contributed by atoms with Crippen LogP contribution in [0.3, 0.4) is 0 Å². The van der Waals surface area contributed by atoms with Crippen molar-refractivity contribution in [1.29, 1.82) is 0 Å². The zero-order valence-electron chi connectivity index (χ0n) is 7.87. The van der Waals surface area contributed by atoms with Gasteiger partial charge in [-0.2, -0.15) is 0 Å². The Labute approximate surface area is 94.9 Å². The SMILES string of the molecule is O=C(c1ccc(Br)cc1F)N1CCCO1. The smallest absolute Gasteiger partial charge is 0.271 e. The third kappa shape index (κ3) is 2.18. The Kier molecular flexibility index (Phi) is 3.02. The molecule has 0 spiro atoms. The first-order valence-electron chi connectivity index (χ1n) is 4.58. The van der Waals surface area contributed by atoms with Crippen LogP contribution >= 0.6 is 15.9 Å². The number of hydrogen-bond acceptors (Lipinski definition) is 2. The average Bonchev–Trinajstić information content (AvgIpc) is 2.69. The second-order valence-electron chi connectivity index (χ2n) is 3.22. The number of rotatable bonds is 1. The van der Waals surface area contributed by atoms with Gasteiger partial charge in [0.25, 0.3) is 5.91 Å². The maximum atomic E-state index is 13.4. The lowest BCUT2D eigenvalue weighted by Crippen LogP contribution is -2.27. The Hall–Kier alpha value is -0.940. The Bertz CT molecular complexity index is 391. The van der Waals surface area contributed by atoms with Gasteiger partial charge in [0.15, 0.2) is 0 Å². The van der Waals surface area contributed by atoms with Crippen LogP contribution in [0.5, 0.6) is 0 Å². The van der Waals surface area contributed by atoms with Gasteiger partial charge >= 0.3 is 0 Å². The predicted molar refractivity (Wildman–Crippen MR) is 55.7 cm³/mol. The van der Waals surface area contributed by atoms with Crippen LogP contribution in [0.25, 0.3) is 0 Å². The molecule has 15 heavy (non-hydrogen) atoms. The van der Waals surface area contributed by atoms with Crippen LogP contribution in [-0.4, -0.2) is 24.1 Å². The highest BCUT2D eigenvalue weighted by atomic mass is 79.9. The molecular weight excluding hydrogens is 265 g/mol. The fraction of sp³-hybridized carbons (Fsp3) is 0.300. The minimum Gasteiger partial charge on any atom is -0.271 e. The predicted octanol–water partition coefficient (Wildman–Crippen LogP) is 2.37. The molecule has 1 aromatic carbocycles. The number of nitrogens with zero attached hydrogens (tertiary/aromatic N) is 1. The van der Waals surface area contributed by atoms with Crippen molar-refractivity contribution < 1.29 is 14.0 Å². The van der Waals surface area contributed by atoms with Gasteiger partial charge in [-0.3, -0.25) is 9.63 Å². The number of carbonyl (C=O) groups is 1. The maximum Gasteiger partial charge on any atom is 0.280 e. The van der Waals surface area contributed by atoms with Gasteiger partial charge in [-0.25, -0.2) is 9.45 Å². The van der Waals surface area contributed by atoms with Crippen molar-refractivity contribution in [3.63, 3.8) is 0 Å². The zero-order valence-corrected chi connectivity index (χ0v) is 9.46. The monoisotopic (exact) mass is 273 g/mol. The molecule has 1 aliphatic rings. The molecule has 80 valence electrons. The first-order valence-corrected chi connectivity index (χ1v) is 5.37. The van der Waals surface area contributed by atoms with E-state index in [2.05, 4.69) is 15.9 Å². The van der Waals surface area contributed by atoms with Crippen LogP contribution in [0.4, 0.5) is 4.39 Å². The van der Waals surface area contributed by atoms with E-state index >= 15 is 0 Å². The third-order valence-electron chi connectivity index (χ3n) is 2.14. The second-order valence-corrected chi connectivity index (χ2v) is 4.13. The van der Waals surface area contributed by atoms with E-state index < -0.39 is 11.7 Å². The fourth-order valence-electron chi connectivity index (χ4n) is 1.40. The minimum absolute atomic E-state index is 0.0418. The van der Waals surface area contributed by atoms with Crippen LogP contribution in [0.1, 0.15) is 16.8 Å². The highest BCUT2D eigenvalue weighted by Crippen LogP contribution is 2.18. The molecule has 1 saturated heterocycles. The Balaban J connectivity index is 2.24. The topological polar surface area (TPSA) is 29.5 Å². The van der Waals surface area contributed by atoms with E-state index in [1.165, 1.54) is 17.2 Å². The van der Waals surface area contributed by atoms with Crippen LogP contribution in [0.15, 0.2) is 22.7 Å². The Morgan fingerprint density at radius 1 is 1.53 bits per heavy atom. The summed E-state index contributed by atoms with van der Waals surface area (Å²) in [6, 6.07) is 4.35. The maximum absolute atomic E-state index is 13.4. The van der Waals surface area contributed by atoms with Crippen molar-refractivity contribution in [1.82, 2.24) is 5.06 Å². The summed E-state index contributed by atoms with van der Waals surface area (Å²) in [6.07, 6.45) is 0.796. The summed E-state index contributed by atoms with van der Waals surface area (Å²) in [7, 11) is 0. The lowest BCUT2D eigenvalue weighted by Gasteiger charge is -2.14. The number of hydrogen-bond donors (Lipinski definition) is 0. The Morgan fingerprint density at radius 2 is 2.33 bits per heavy atom. The molecule has 1 amide bonds. The van der Waals surface area contributed by atoms with Gasteiger partial charge < -0.3 is 0 Å². The number of benzene rings is 1. The molecule has 1 aromatic rings. The van der Waals surface area contributed by atoms with Crippen LogP contribution in [-0.2, 0) is 4.84 Å². The van der Waals surface area contributed by atoms with Crippen LogP contribution in [0, 0.1) is 5.82 Å². The molecular formula is C10H9BrFNO2. The third-order valence-corrected chi connectivity index (χ3v) is 2.63. The lowest BCUT2D eigenvalue weighted by atomic mass is 10.2. The van der Waals surface area contributed by atoms with Crippen LogP contribution < -0.4 is 0 Å². The molecule has 1 heterocycles. The van der Waals surface area contributed by atoms with E-state index in [0.717, 1.165) is 6.42 Å². The summed E-state index contributed by atoms with van der Waals surface area (Å²) in [6.45, 7) is 1.04. The summed E-state index contributed by atoms with van der Waals surface area (Å²) in [5.74, 6) is -0.956. The largest absolute Gasteiger partial charge is 0.280 e. The number of amides is 1. The van der Waals surface area contributed by atoms with Crippen molar-refractivity contribution in [3.8, 4) is 0 Å². The first-order chi connectivity index (χ1) is 7.18. The summed E-state index contributed by atoms with van der Waals surface area (Å²) in [5, 5.41) is 1.20. The van der Waals surface area contributed by atoms with E-state index in [1.807, 2.05) is 0 Å². The fourth-order valence-corrected chi connectivity index (χ4v) is 1.74. The molecule has 5 heteroatoms. The summed E-state index contributed by atoms with van der Waals surface area (Å²) in [5.41, 5.74) is 0.0418. The zero-order chi connectivity index (χ0) is 10.8. The molecule has 0 bridgehead atoms. The quantitative estimate of drug-likeness (QED) is 0.786. The molecule has 1 fully saturated rings. The van der Waals surface area contributed by atoms with E-state index in [0.29, 0.717) is 17.6 Å². The van der Waals surface area contributed by atoms with Crippen molar-refractivity contribution in [3.05, 3.63) is 34.1 Å². The van der Waals surface area contributed by atoms with Gasteiger partial charge in [0.1, 0.15) is 5.82 Å². The summed E-state index contributed by atoms with van der Waals surface area (Å²) >= 11 is 3.13. The second kappa shape index (κ2) is 4.28. The van der Waals surface area contributed by atoms with Gasteiger partial charge in [-0.1, -0.05) is 15.9 Å². The number of hydroxylamine groups is 2. The summed E-state index contributed by atoms with van der Waals surface area (Å²) in [4.78, 5) is 16.8. The molecule has 3 nitrogen and oxygen atoms in total. The highest BCUT2D eigenvalue weighted by Gasteiger charge is 2.23.